The maximum atomic E-state index is 13.1. The second-order valence-corrected chi connectivity index (χ2v) is 9.72. The van der Waals surface area contributed by atoms with Crippen LogP contribution in [0.2, 0.25) is 0 Å². The molecule has 1 saturated carbocycles. The van der Waals surface area contributed by atoms with Gasteiger partial charge in [0.1, 0.15) is 22.7 Å². The Kier molecular flexibility index (Phi) is 7.36. The van der Waals surface area contributed by atoms with Crippen LogP contribution in [0.3, 0.4) is 0 Å². The van der Waals surface area contributed by atoms with E-state index in [-0.39, 0.29) is 11.8 Å². The van der Waals surface area contributed by atoms with Gasteiger partial charge in [0.05, 0.1) is 31.4 Å². The highest BCUT2D eigenvalue weighted by Gasteiger charge is 2.64. The highest BCUT2D eigenvalue weighted by molar-refractivity contribution is 6.08. The van der Waals surface area contributed by atoms with Gasteiger partial charge in [0.2, 0.25) is 11.8 Å². The summed E-state index contributed by atoms with van der Waals surface area (Å²) in [6, 6.07) is 12.2. The molecular weight excluding hydrogens is 502 g/mol. The summed E-state index contributed by atoms with van der Waals surface area (Å²) in [5.74, 6) is -0.564. The number of methoxy groups -OCH3 is 1. The van der Waals surface area contributed by atoms with Gasteiger partial charge in [0.25, 0.3) is 5.91 Å². The quantitative estimate of drug-likeness (QED) is 0.331. The molecule has 11 nitrogen and oxygen atoms in total. The van der Waals surface area contributed by atoms with E-state index in [0.717, 1.165) is 25.2 Å². The average molecular weight is 534 g/mol. The third-order valence-corrected chi connectivity index (χ3v) is 7.44. The van der Waals surface area contributed by atoms with E-state index < -0.39 is 17.2 Å². The zero-order valence-corrected chi connectivity index (χ0v) is 21.6. The first kappa shape index (κ1) is 26.4. The van der Waals surface area contributed by atoms with E-state index in [1.54, 1.807) is 48.7 Å². The Hall–Kier alpha value is -4.22. The Morgan fingerprint density at radius 3 is 2.44 bits per heavy atom. The molecule has 2 fully saturated rings. The standard InChI is InChI=1S/C28H31N5O6/c1-37-24-15-22-19(14-20(24)25(34)32-8-9-33-10-12-38-13-11-33)23(6-7-31-22)39-18-4-2-17(3-5-18)21-16-28(21,26(29)35)27(30)36/h2-7,14-15,21H,8-13,16H2,1H3,(H2,29,35)(H2,30,36)(H,32,34). The first-order chi connectivity index (χ1) is 18.8. The molecule has 1 aliphatic heterocycles. The molecule has 1 unspecified atom stereocenters. The van der Waals surface area contributed by atoms with Crippen LogP contribution in [0.4, 0.5) is 0 Å². The molecule has 1 aromatic heterocycles. The Balaban J connectivity index is 1.33. The predicted molar refractivity (Wildman–Crippen MR) is 143 cm³/mol. The topological polar surface area (TPSA) is 159 Å². The Morgan fingerprint density at radius 2 is 1.79 bits per heavy atom. The number of primary amides is 2. The van der Waals surface area contributed by atoms with E-state index in [2.05, 4.69) is 15.2 Å². The molecule has 0 spiro atoms. The molecule has 204 valence electrons. The summed E-state index contributed by atoms with van der Waals surface area (Å²) in [6.45, 7) is 4.33. The van der Waals surface area contributed by atoms with Crippen LogP contribution in [0.1, 0.15) is 28.3 Å². The van der Waals surface area contributed by atoms with Gasteiger partial charge in [-0.1, -0.05) is 12.1 Å². The number of nitrogens with one attached hydrogen (secondary N) is 1. The van der Waals surface area contributed by atoms with Gasteiger partial charge in [-0.2, -0.15) is 0 Å². The second kappa shape index (κ2) is 10.9. The third kappa shape index (κ3) is 5.23. The zero-order chi connectivity index (χ0) is 27.6. The van der Waals surface area contributed by atoms with Crippen LogP contribution in [0.15, 0.2) is 48.7 Å². The summed E-state index contributed by atoms with van der Waals surface area (Å²) in [5.41, 5.74) is 11.3. The number of carbonyl (C=O) groups is 3. The number of rotatable bonds is 10. The normalized spacial score (nSPS) is 18.3. The molecular formula is C28H31N5O6. The minimum Gasteiger partial charge on any atom is -0.496 e. The largest absolute Gasteiger partial charge is 0.496 e. The number of amides is 3. The van der Waals surface area contributed by atoms with E-state index in [1.807, 2.05) is 0 Å². The van der Waals surface area contributed by atoms with Gasteiger partial charge in [0.15, 0.2) is 0 Å². The third-order valence-electron chi connectivity index (χ3n) is 7.44. The van der Waals surface area contributed by atoms with E-state index in [0.29, 0.717) is 59.9 Å². The first-order valence-corrected chi connectivity index (χ1v) is 12.8. The van der Waals surface area contributed by atoms with Crippen LogP contribution in [0, 0.1) is 5.41 Å². The van der Waals surface area contributed by atoms with Crippen molar-refractivity contribution in [2.45, 2.75) is 12.3 Å². The number of morpholine rings is 1. The molecule has 3 aromatic rings. The van der Waals surface area contributed by atoms with Crippen molar-refractivity contribution in [3.8, 4) is 17.2 Å². The van der Waals surface area contributed by atoms with E-state index in [9.17, 15) is 14.4 Å². The number of hydrogen-bond acceptors (Lipinski definition) is 8. The molecule has 0 radical (unpaired) electrons. The van der Waals surface area contributed by atoms with Crippen molar-refractivity contribution in [2.75, 3.05) is 46.5 Å². The molecule has 1 saturated heterocycles. The van der Waals surface area contributed by atoms with Crippen molar-refractivity contribution in [3.05, 3.63) is 59.8 Å². The van der Waals surface area contributed by atoms with Crippen LogP contribution >= 0.6 is 0 Å². The number of nitrogens with zero attached hydrogens (tertiary/aromatic N) is 2. The molecule has 5 N–H and O–H groups in total. The number of carbonyl (C=O) groups excluding carboxylic acids is 3. The van der Waals surface area contributed by atoms with Gasteiger partial charge >= 0.3 is 0 Å². The highest BCUT2D eigenvalue weighted by atomic mass is 16.5. The van der Waals surface area contributed by atoms with Crippen molar-refractivity contribution in [2.24, 2.45) is 16.9 Å². The number of ether oxygens (including phenoxy) is 3. The van der Waals surface area contributed by atoms with Crippen LogP contribution in [-0.2, 0) is 14.3 Å². The maximum Gasteiger partial charge on any atom is 0.255 e. The number of aromatic nitrogens is 1. The van der Waals surface area contributed by atoms with Crippen LogP contribution in [0.25, 0.3) is 10.9 Å². The Morgan fingerprint density at radius 1 is 1.08 bits per heavy atom. The number of hydrogen-bond donors (Lipinski definition) is 3. The summed E-state index contributed by atoms with van der Waals surface area (Å²) in [4.78, 5) is 43.4. The number of benzene rings is 2. The Bertz CT molecular complexity index is 1390. The van der Waals surface area contributed by atoms with E-state index in [1.165, 1.54) is 7.11 Å². The molecule has 1 aliphatic carbocycles. The van der Waals surface area contributed by atoms with Crippen LogP contribution in [0.5, 0.6) is 17.2 Å². The van der Waals surface area contributed by atoms with Gasteiger partial charge in [0, 0.05) is 49.7 Å². The molecule has 3 amide bonds. The minimum atomic E-state index is -1.33. The van der Waals surface area contributed by atoms with Crippen molar-refractivity contribution < 1.29 is 28.6 Å². The fraction of sp³-hybridized carbons (Fsp3) is 0.357. The minimum absolute atomic E-state index is 0.252. The van der Waals surface area contributed by atoms with Crippen LogP contribution < -0.4 is 26.3 Å². The molecule has 11 heteroatoms. The average Bonchev–Trinajstić information content (AvgIpc) is 3.71. The van der Waals surface area contributed by atoms with Gasteiger partial charge in [-0.25, -0.2) is 0 Å². The fourth-order valence-corrected chi connectivity index (χ4v) is 5.06. The second-order valence-electron chi connectivity index (χ2n) is 9.72. The SMILES string of the molecule is COc1cc2nccc(Oc3ccc(C4CC4(C(N)=O)C(N)=O)cc3)c2cc1C(=O)NCCN1CCOCC1. The van der Waals surface area contributed by atoms with Crippen molar-refractivity contribution in [3.63, 3.8) is 0 Å². The summed E-state index contributed by atoms with van der Waals surface area (Å²) < 4.78 is 17.0. The molecule has 0 bridgehead atoms. The predicted octanol–water partition coefficient (Wildman–Crippen LogP) is 1.54. The van der Waals surface area contributed by atoms with Crippen molar-refractivity contribution in [1.29, 1.82) is 0 Å². The highest BCUT2D eigenvalue weighted by Crippen LogP contribution is 2.59. The summed E-state index contributed by atoms with van der Waals surface area (Å²) in [6.07, 6.45) is 1.91. The zero-order valence-electron chi connectivity index (χ0n) is 21.6. The smallest absolute Gasteiger partial charge is 0.255 e. The molecule has 2 heterocycles. The molecule has 2 aromatic carbocycles. The maximum absolute atomic E-state index is 13.1. The lowest BCUT2D eigenvalue weighted by Crippen LogP contribution is -2.41. The van der Waals surface area contributed by atoms with Gasteiger partial charge < -0.3 is 31.0 Å². The summed E-state index contributed by atoms with van der Waals surface area (Å²) in [7, 11) is 1.51. The fourth-order valence-electron chi connectivity index (χ4n) is 5.06. The van der Waals surface area contributed by atoms with Crippen LogP contribution in [-0.4, -0.2) is 74.1 Å². The summed E-state index contributed by atoms with van der Waals surface area (Å²) >= 11 is 0. The lowest BCUT2D eigenvalue weighted by Gasteiger charge is -2.26. The molecule has 2 aliphatic rings. The monoisotopic (exact) mass is 533 g/mol. The van der Waals surface area contributed by atoms with Crippen molar-refractivity contribution in [1.82, 2.24) is 15.2 Å². The number of pyridine rings is 1. The first-order valence-electron chi connectivity index (χ1n) is 12.8. The number of fused-ring (bicyclic) bond motifs is 1. The van der Waals surface area contributed by atoms with Gasteiger partial charge in [-0.3, -0.25) is 24.3 Å². The molecule has 1 atom stereocenters. The van der Waals surface area contributed by atoms with E-state index >= 15 is 0 Å². The lowest BCUT2D eigenvalue weighted by molar-refractivity contribution is -0.133. The van der Waals surface area contributed by atoms with E-state index in [4.69, 9.17) is 25.7 Å². The molecule has 39 heavy (non-hydrogen) atoms. The Labute approximate surface area is 225 Å². The summed E-state index contributed by atoms with van der Waals surface area (Å²) in [5, 5.41) is 3.61. The van der Waals surface area contributed by atoms with Gasteiger partial charge in [-0.15, -0.1) is 0 Å². The molecule has 5 rings (SSSR count). The number of nitrogens with two attached hydrogens (primary N) is 2. The van der Waals surface area contributed by atoms with Crippen molar-refractivity contribution >= 4 is 28.6 Å². The lowest BCUT2D eigenvalue weighted by atomic mass is 9.97. The van der Waals surface area contributed by atoms with Gasteiger partial charge in [-0.05, 0) is 36.2 Å².